The molecule has 5 aromatic rings. The average molecular weight is 910 g/mol. The maximum atomic E-state index is 15.0. The van der Waals surface area contributed by atoms with Gasteiger partial charge in [0.15, 0.2) is 17.2 Å². The number of nitrogens with zero attached hydrogens (tertiary/aromatic N) is 8. The molecule has 4 aliphatic heterocycles. The SMILES string of the molecule is CNc1cc(N2CCc3c(-c4ccc(C(N5CCC6(CCN(C(=O)c7ccc(Cl)c(N8CCC(=O)NC8=O)c7)CC6)CC5)C(F)(F)F)cn4)cccc32)nn2c(C(=O)NC3CC3)cnc12. The first-order chi connectivity index (χ1) is 31.3. The molecule has 19 heteroatoms. The molecule has 0 radical (unpaired) electrons. The lowest BCUT2D eigenvalue weighted by molar-refractivity contribution is -0.192. The van der Waals surface area contributed by atoms with Gasteiger partial charge in [0.05, 0.1) is 28.3 Å². The van der Waals surface area contributed by atoms with Crippen LogP contribution in [0.15, 0.2) is 67.0 Å². The zero-order chi connectivity index (χ0) is 45.2. The second kappa shape index (κ2) is 16.6. The van der Waals surface area contributed by atoms with Crippen LogP contribution in [0.5, 0.6) is 0 Å². The van der Waals surface area contributed by atoms with Gasteiger partial charge in [-0.3, -0.25) is 34.5 Å². The first kappa shape index (κ1) is 42.7. The Morgan fingerprint density at radius 3 is 2.32 bits per heavy atom. The van der Waals surface area contributed by atoms with E-state index in [2.05, 4.69) is 30.8 Å². The van der Waals surface area contributed by atoms with Crippen LogP contribution in [-0.2, 0) is 11.2 Å². The normalized spacial score (nSPS) is 19.4. The number of likely N-dealkylation sites (tertiary alicyclic amines) is 2. The zero-order valence-corrected chi connectivity index (χ0v) is 36.4. The van der Waals surface area contributed by atoms with Crippen LogP contribution >= 0.6 is 11.6 Å². The molecule has 0 bridgehead atoms. The summed E-state index contributed by atoms with van der Waals surface area (Å²) in [5, 5.41) is 13.6. The summed E-state index contributed by atoms with van der Waals surface area (Å²) in [6, 6.07) is 13.5. The number of alkyl halides is 3. The van der Waals surface area contributed by atoms with Crippen LogP contribution in [0.4, 0.5) is 40.8 Å². The lowest BCUT2D eigenvalue weighted by Gasteiger charge is -2.48. The van der Waals surface area contributed by atoms with E-state index in [9.17, 15) is 32.3 Å². The summed E-state index contributed by atoms with van der Waals surface area (Å²) in [5.41, 5.74) is 5.50. The Bertz CT molecular complexity index is 2710. The summed E-state index contributed by atoms with van der Waals surface area (Å²) < 4.78 is 46.6. The van der Waals surface area contributed by atoms with Gasteiger partial charge in [0.1, 0.15) is 6.04 Å². The Kier molecular flexibility index (Phi) is 10.9. The van der Waals surface area contributed by atoms with E-state index in [-0.39, 0.29) is 65.8 Å². The van der Waals surface area contributed by atoms with Gasteiger partial charge in [-0.2, -0.15) is 13.2 Å². The average Bonchev–Trinajstić information content (AvgIpc) is 3.83. The number of carbonyl (C=O) groups is 4. The minimum absolute atomic E-state index is 0.0849. The van der Waals surface area contributed by atoms with Crippen molar-refractivity contribution < 1.29 is 32.3 Å². The van der Waals surface area contributed by atoms with Gasteiger partial charge in [0.2, 0.25) is 5.91 Å². The highest BCUT2D eigenvalue weighted by Crippen LogP contribution is 2.47. The third kappa shape index (κ3) is 8.11. The first-order valence-corrected chi connectivity index (χ1v) is 22.4. The number of anilines is 4. The summed E-state index contributed by atoms with van der Waals surface area (Å²) in [6.07, 6.45) is 3.50. The molecule has 15 nitrogen and oxygen atoms in total. The standard InChI is InChI=1S/C46H47ClF3N11O4/c1-51-34-24-38(56-61-37(26-53-41(34)61)42(63)54-29-7-8-29)59-17-11-31-30(3-2-4-35(31)59)33-10-6-28(25-52-33)40(46(48,49)50)57-19-13-45(14-20-57)15-21-58(22-16-45)43(64)27-5-9-32(47)36(23-27)60-18-12-39(62)55-44(60)65/h2-6,9-10,23-26,29,40,51H,7-8,11-22H2,1H3,(H,54,63)(H,55,62,65). The maximum absolute atomic E-state index is 15.0. The highest BCUT2D eigenvalue weighted by molar-refractivity contribution is 6.34. The van der Waals surface area contributed by atoms with Gasteiger partial charge in [-0.1, -0.05) is 29.8 Å². The molecule has 1 saturated carbocycles. The van der Waals surface area contributed by atoms with Crippen LogP contribution in [0.3, 0.4) is 0 Å². The number of piperidine rings is 2. The number of urea groups is 1. The molecule has 1 unspecified atom stereocenters. The zero-order valence-electron chi connectivity index (χ0n) is 35.6. The van der Waals surface area contributed by atoms with Gasteiger partial charge in [0.25, 0.3) is 11.8 Å². The van der Waals surface area contributed by atoms with E-state index in [0.29, 0.717) is 91.5 Å². The predicted octanol–water partition coefficient (Wildman–Crippen LogP) is 7.14. The van der Waals surface area contributed by atoms with Crippen LogP contribution in [-0.4, -0.2) is 112 Å². The summed E-state index contributed by atoms with van der Waals surface area (Å²) in [5.74, 6) is -0.201. The number of halogens is 4. The second-order valence-corrected chi connectivity index (χ2v) is 18.1. The molecule has 5 aliphatic rings. The summed E-state index contributed by atoms with van der Waals surface area (Å²) in [4.78, 5) is 66.7. The third-order valence-corrected chi connectivity index (χ3v) is 14.1. The van der Waals surface area contributed by atoms with E-state index in [1.807, 2.05) is 24.3 Å². The third-order valence-electron chi connectivity index (χ3n) is 13.7. The summed E-state index contributed by atoms with van der Waals surface area (Å²) in [7, 11) is 1.79. The van der Waals surface area contributed by atoms with E-state index in [4.69, 9.17) is 16.7 Å². The molecule has 5 amide bonds. The molecule has 7 heterocycles. The van der Waals surface area contributed by atoms with Crippen molar-refractivity contribution in [3.8, 4) is 11.3 Å². The Morgan fingerprint density at radius 2 is 1.63 bits per heavy atom. The molecule has 1 spiro atoms. The van der Waals surface area contributed by atoms with Gasteiger partial charge >= 0.3 is 12.2 Å². The number of carbonyl (C=O) groups excluding carboxylic acids is 4. The van der Waals surface area contributed by atoms with E-state index in [0.717, 1.165) is 29.7 Å². The first-order valence-electron chi connectivity index (χ1n) is 22.0. The van der Waals surface area contributed by atoms with Crippen LogP contribution in [0, 0.1) is 5.41 Å². The summed E-state index contributed by atoms with van der Waals surface area (Å²) in [6.45, 7) is 2.16. The van der Waals surface area contributed by atoms with Crippen LogP contribution < -0.4 is 25.8 Å². The molecular formula is C46H47ClF3N11O4. The fourth-order valence-corrected chi connectivity index (χ4v) is 10.1. The van der Waals surface area contributed by atoms with Crippen molar-refractivity contribution in [1.82, 2.24) is 40.0 Å². The van der Waals surface area contributed by atoms with E-state index >= 15 is 0 Å². The largest absolute Gasteiger partial charge is 0.408 e. The molecule has 10 rings (SSSR count). The fraction of sp³-hybridized carbons (Fsp3) is 0.413. The summed E-state index contributed by atoms with van der Waals surface area (Å²) >= 11 is 6.41. The number of hydrogen-bond donors (Lipinski definition) is 3. The molecule has 1 atom stereocenters. The monoisotopic (exact) mass is 909 g/mol. The van der Waals surface area contributed by atoms with Crippen molar-refractivity contribution in [2.45, 2.75) is 69.6 Å². The predicted molar refractivity (Wildman–Crippen MR) is 238 cm³/mol. The van der Waals surface area contributed by atoms with E-state index in [1.165, 1.54) is 22.2 Å². The van der Waals surface area contributed by atoms with Crippen molar-refractivity contribution in [2.75, 3.05) is 61.4 Å². The van der Waals surface area contributed by atoms with Crippen LogP contribution in [0.2, 0.25) is 5.02 Å². The molecule has 4 fully saturated rings. The molecule has 3 saturated heterocycles. The number of imide groups is 1. The van der Waals surface area contributed by atoms with Crippen LogP contribution in [0.25, 0.3) is 16.9 Å². The number of amides is 5. The molecule has 3 N–H and O–H groups in total. The number of pyridine rings is 1. The van der Waals surface area contributed by atoms with Crippen LogP contribution in [0.1, 0.15) is 83.0 Å². The number of aromatic nitrogens is 4. The number of fused-ring (bicyclic) bond motifs is 2. The van der Waals surface area contributed by atoms with Gasteiger partial charge in [-0.05, 0) is 105 Å². The van der Waals surface area contributed by atoms with Gasteiger partial charge in [0, 0.05) is 74.8 Å². The maximum Gasteiger partial charge on any atom is 0.408 e. The molecule has 338 valence electrons. The Labute approximate surface area is 377 Å². The highest BCUT2D eigenvalue weighted by atomic mass is 35.5. The number of rotatable bonds is 9. The van der Waals surface area contributed by atoms with Crippen molar-refractivity contribution in [1.29, 1.82) is 0 Å². The van der Waals surface area contributed by atoms with Crippen molar-refractivity contribution in [3.05, 3.63) is 94.4 Å². The number of imidazole rings is 1. The lowest BCUT2D eigenvalue weighted by Crippen LogP contribution is -2.50. The van der Waals surface area contributed by atoms with E-state index < -0.39 is 18.2 Å². The lowest BCUT2D eigenvalue weighted by atomic mass is 9.71. The second-order valence-electron chi connectivity index (χ2n) is 17.7. The number of benzene rings is 2. The topological polar surface area (TPSA) is 160 Å². The van der Waals surface area contributed by atoms with Gasteiger partial charge in [-0.15, -0.1) is 5.10 Å². The molecule has 3 aromatic heterocycles. The minimum atomic E-state index is -4.53. The molecule has 1 aliphatic carbocycles. The number of hydrogen-bond acceptors (Lipinski definition) is 10. The minimum Gasteiger partial charge on any atom is -0.385 e. The Balaban J connectivity index is 0.808. The number of nitrogens with one attached hydrogen (secondary N) is 3. The highest BCUT2D eigenvalue weighted by Gasteiger charge is 2.48. The van der Waals surface area contributed by atoms with Crippen molar-refractivity contribution >= 4 is 63.9 Å². The fourth-order valence-electron chi connectivity index (χ4n) is 9.93. The smallest absolute Gasteiger partial charge is 0.385 e. The van der Waals surface area contributed by atoms with Crippen molar-refractivity contribution in [2.24, 2.45) is 5.41 Å². The quantitative estimate of drug-likeness (QED) is 0.139. The molecule has 65 heavy (non-hydrogen) atoms. The molecular weight excluding hydrogens is 863 g/mol. The van der Waals surface area contributed by atoms with Gasteiger partial charge < -0.3 is 20.4 Å². The molecule has 2 aromatic carbocycles. The Morgan fingerprint density at radius 1 is 0.877 bits per heavy atom. The van der Waals surface area contributed by atoms with Gasteiger partial charge in [-0.25, -0.2) is 14.3 Å². The van der Waals surface area contributed by atoms with E-state index in [1.54, 1.807) is 46.8 Å². The Hall–Kier alpha value is -6.27. The van der Waals surface area contributed by atoms with Crippen molar-refractivity contribution in [3.63, 3.8) is 0 Å².